The molecule has 0 saturated heterocycles. The maximum Gasteiger partial charge on any atom is 0.322 e. The number of carbonyl (C=O) groups is 1. The fourth-order valence-electron chi connectivity index (χ4n) is 2.67. The van der Waals surface area contributed by atoms with Gasteiger partial charge in [0.25, 0.3) is 0 Å². The van der Waals surface area contributed by atoms with Crippen LogP contribution in [0.1, 0.15) is 17.2 Å². The molecular weight excluding hydrogens is 346 g/mol. The van der Waals surface area contributed by atoms with Crippen LogP contribution >= 0.6 is 23.2 Å². The van der Waals surface area contributed by atoms with Crippen LogP contribution in [0.3, 0.4) is 0 Å². The van der Waals surface area contributed by atoms with Crippen LogP contribution in [0.15, 0.2) is 12.1 Å². The second-order valence-corrected chi connectivity index (χ2v) is 6.12. The average molecular weight is 359 g/mol. The summed E-state index contributed by atoms with van der Waals surface area (Å²) in [5, 5.41) is 17.5. The van der Waals surface area contributed by atoms with E-state index in [4.69, 9.17) is 23.2 Å². The Bertz CT molecular complexity index is 780. The first-order chi connectivity index (χ1) is 10.9. The summed E-state index contributed by atoms with van der Waals surface area (Å²) in [6.07, 6.45) is 0. The molecule has 1 unspecified atom stereocenters. The minimum atomic E-state index is -0.951. The van der Waals surface area contributed by atoms with E-state index in [0.717, 1.165) is 0 Å². The number of fused-ring (bicyclic) bond motifs is 1. The molecule has 1 atom stereocenters. The fraction of sp³-hybridized carbons (Fsp3) is 0.357. The van der Waals surface area contributed by atoms with Crippen molar-refractivity contribution in [2.45, 2.75) is 32.6 Å². The van der Waals surface area contributed by atoms with E-state index in [0.29, 0.717) is 23.8 Å². The van der Waals surface area contributed by atoms with Crippen LogP contribution in [0.25, 0.3) is 0 Å². The number of hydrogen-bond acceptors (Lipinski definition) is 4. The topological polar surface area (TPSA) is 71.2 Å². The Hall–Kier alpha value is -1.70. The van der Waals surface area contributed by atoms with Crippen molar-refractivity contribution in [3.8, 4) is 0 Å². The monoisotopic (exact) mass is 358 g/mol. The number of aromatic nitrogens is 3. The third-order valence-corrected chi connectivity index (χ3v) is 4.82. The summed E-state index contributed by atoms with van der Waals surface area (Å²) in [7, 11) is 0. The summed E-state index contributed by atoms with van der Waals surface area (Å²) in [6.45, 7) is 2.56. The van der Waals surface area contributed by atoms with E-state index in [9.17, 15) is 14.3 Å². The lowest BCUT2D eigenvalue weighted by atomic mass is 10.1. The Morgan fingerprint density at radius 2 is 2.13 bits per heavy atom. The molecule has 1 aromatic heterocycles. The van der Waals surface area contributed by atoms with Gasteiger partial charge in [-0.25, -0.2) is 4.39 Å². The molecule has 0 saturated carbocycles. The highest BCUT2D eigenvalue weighted by Gasteiger charge is 2.33. The second kappa shape index (κ2) is 6.07. The predicted octanol–water partition coefficient (Wildman–Crippen LogP) is 2.50. The SMILES string of the molecule is Cc1nnc2n1CC(C(=O)O)N(Cc1ccc(F)c(Cl)c1Cl)C2. The standard InChI is InChI=1S/C14H13Cl2FN4O2/c1-7-18-19-11-6-20(10(14(22)23)5-21(7)11)4-8-2-3-9(17)13(16)12(8)15/h2-3,10H,4-6H2,1H3,(H,22,23). The number of halogens is 3. The summed E-state index contributed by atoms with van der Waals surface area (Å²) < 4.78 is 15.2. The number of carboxylic acids is 1. The summed E-state index contributed by atoms with van der Waals surface area (Å²) in [6, 6.07) is 1.97. The lowest BCUT2D eigenvalue weighted by molar-refractivity contribution is -0.145. The van der Waals surface area contributed by atoms with Crippen LogP contribution in [0.5, 0.6) is 0 Å². The van der Waals surface area contributed by atoms with E-state index >= 15 is 0 Å². The summed E-state index contributed by atoms with van der Waals surface area (Å²) in [5.41, 5.74) is 0.564. The Labute approximate surface area is 141 Å². The summed E-state index contributed by atoms with van der Waals surface area (Å²) in [4.78, 5) is 13.3. The third kappa shape index (κ3) is 2.91. The van der Waals surface area contributed by atoms with Crippen molar-refractivity contribution in [3.05, 3.63) is 45.2 Å². The number of hydrogen-bond donors (Lipinski definition) is 1. The molecule has 9 heteroatoms. The Morgan fingerprint density at radius 3 is 2.83 bits per heavy atom. The first-order valence-corrected chi connectivity index (χ1v) is 7.62. The number of rotatable bonds is 3. The van der Waals surface area contributed by atoms with Crippen LogP contribution < -0.4 is 0 Å². The van der Waals surface area contributed by atoms with Crippen molar-refractivity contribution >= 4 is 29.2 Å². The van der Waals surface area contributed by atoms with Crippen LogP contribution in [0.4, 0.5) is 4.39 Å². The van der Waals surface area contributed by atoms with Crippen LogP contribution in [0.2, 0.25) is 10.0 Å². The van der Waals surface area contributed by atoms with E-state index < -0.39 is 17.8 Å². The smallest absolute Gasteiger partial charge is 0.322 e. The van der Waals surface area contributed by atoms with Gasteiger partial charge in [-0.15, -0.1) is 10.2 Å². The van der Waals surface area contributed by atoms with E-state index in [1.54, 1.807) is 16.4 Å². The van der Waals surface area contributed by atoms with Crippen LogP contribution in [-0.2, 0) is 24.4 Å². The summed E-state index contributed by atoms with van der Waals surface area (Å²) >= 11 is 11.9. The highest BCUT2D eigenvalue weighted by molar-refractivity contribution is 6.42. The molecule has 1 aromatic carbocycles. The van der Waals surface area contributed by atoms with Gasteiger partial charge in [0.15, 0.2) is 0 Å². The quantitative estimate of drug-likeness (QED) is 0.853. The van der Waals surface area contributed by atoms with E-state index in [1.807, 2.05) is 0 Å². The van der Waals surface area contributed by atoms with Gasteiger partial charge in [0.1, 0.15) is 23.5 Å². The zero-order valence-corrected chi connectivity index (χ0v) is 13.6. The molecule has 2 aromatic rings. The van der Waals surface area contributed by atoms with Gasteiger partial charge in [-0.05, 0) is 18.6 Å². The molecule has 0 amide bonds. The fourth-order valence-corrected chi connectivity index (χ4v) is 3.06. The normalized spacial score (nSPS) is 18.0. The van der Waals surface area contributed by atoms with Crippen molar-refractivity contribution in [1.29, 1.82) is 0 Å². The lowest BCUT2D eigenvalue weighted by Gasteiger charge is -2.33. The van der Waals surface area contributed by atoms with Crippen molar-refractivity contribution in [2.75, 3.05) is 0 Å². The van der Waals surface area contributed by atoms with Gasteiger partial charge in [-0.2, -0.15) is 0 Å². The van der Waals surface area contributed by atoms with Crippen LogP contribution in [0, 0.1) is 12.7 Å². The molecule has 1 aliphatic heterocycles. The molecule has 122 valence electrons. The Morgan fingerprint density at radius 1 is 1.39 bits per heavy atom. The molecule has 0 fully saturated rings. The summed E-state index contributed by atoms with van der Waals surface area (Å²) in [5.74, 6) is -0.199. The molecule has 1 aliphatic rings. The van der Waals surface area contributed by atoms with Gasteiger partial charge in [0, 0.05) is 6.54 Å². The maximum absolute atomic E-state index is 13.4. The molecule has 23 heavy (non-hydrogen) atoms. The predicted molar refractivity (Wildman–Crippen MR) is 81.8 cm³/mol. The minimum Gasteiger partial charge on any atom is -0.480 e. The highest BCUT2D eigenvalue weighted by Crippen LogP contribution is 2.31. The number of carboxylic acid groups (broad SMARTS) is 1. The zero-order chi connectivity index (χ0) is 16.7. The van der Waals surface area contributed by atoms with Gasteiger partial charge < -0.3 is 9.67 Å². The third-order valence-electron chi connectivity index (χ3n) is 3.93. The maximum atomic E-state index is 13.4. The molecule has 2 heterocycles. The van der Waals surface area contributed by atoms with Gasteiger partial charge in [-0.1, -0.05) is 29.3 Å². The van der Waals surface area contributed by atoms with E-state index in [1.165, 1.54) is 12.1 Å². The number of nitrogens with zero attached hydrogens (tertiary/aromatic N) is 4. The first kappa shape index (κ1) is 16.2. The molecule has 1 N–H and O–H groups in total. The number of aryl methyl sites for hydroxylation is 1. The number of benzene rings is 1. The second-order valence-electron chi connectivity index (χ2n) is 5.37. The minimum absolute atomic E-state index is 0.0963. The molecule has 0 aliphatic carbocycles. The van der Waals surface area contributed by atoms with Crippen LogP contribution in [-0.4, -0.2) is 36.8 Å². The van der Waals surface area contributed by atoms with Crippen molar-refractivity contribution in [3.63, 3.8) is 0 Å². The van der Waals surface area contributed by atoms with E-state index in [2.05, 4.69) is 10.2 Å². The van der Waals surface area contributed by atoms with E-state index in [-0.39, 0.29) is 23.1 Å². The van der Waals surface area contributed by atoms with Crippen molar-refractivity contribution < 1.29 is 14.3 Å². The van der Waals surface area contributed by atoms with Crippen molar-refractivity contribution in [1.82, 2.24) is 19.7 Å². The molecule has 0 radical (unpaired) electrons. The first-order valence-electron chi connectivity index (χ1n) is 6.86. The lowest BCUT2D eigenvalue weighted by Crippen LogP contribution is -2.47. The molecular formula is C14H13Cl2FN4O2. The van der Waals surface area contributed by atoms with Gasteiger partial charge in [0.2, 0.25) is 0 Å². The van der Waals surface area contributed by atoms with Gasteiger partial charge in [-0.3, -0.25) is 9.69 Å². The number of aliphatic carboxylic acids is 1. The highest BCUT2D eigenvalue weighted by atomic mass is 35.5. The Balaban J connectivity index is 1.92. The molecule has 0 spiro atoms. The molecule has 6 nitrogen and oxygen atoms in total. The largest absolute Gasteiger partial charge is 0.480 e. The zero-order valence-electron chi connectivity index (χ0n) is 12.1. The van der Waals surface area contributed by atoms with Gasteiger partial charge >= 0.3 is 5.97 Å². The van der Waals surface area contributed by atoms with Gasteiger partial charge in [0.05, 0.1) is 23.1 Å². The molecule has 0 bridgehead atoms. The average Bonchev–Trinajstić information content (AvgIpc) is 2.87. The Kier molecular flexibility index (Phi) is 4.27. The molecule has 3 rings (SSSR count). The van der Waals surface area contributed by atoms with Crippen molar-refractivity contribution in [2.24, 2.45) is 0 Å².